The van der Waals surface area contributed by atoms with Gasteiger partial charge in [-0.15, -0.1) is 0 Å². The van der Waals surface area contributed by atoms with Crippen LogP contribution in [0.2, 0.25) is 0 Å². The fraction of sp³-hybridized carbons (Fsp3) is 0.733. The minimum atomic E-state index is 0.320. The number of nitrogens with one attached hydrogen (secondary N) is 1. The van der Waals surface area contributed by atoms with Crippen molar-refractivity contribution in [2.24, 2.45) is 0 Å². The van der Waals surface area contributed by atoms with Gasteiger partial charge in [-0.3, -0.25) is 4.90 Å². The molecule has 2 rings (SSSR count). The Balaban J connectivity index is 2.12. The van der Waals surface area contributed by atoms with Gasteiger partial charge in [0.1, 0.15) is 0 Å². The first-order valence-electron chi connectivity index (χ1n) is 7.22. The summed E-state index contributed by atoms with van der Waals surface area (Å²) in [5.41, 5.74) is 1.80. The average molecular weight is 266 g/mol. The van der Waals surface area contributed by atoms with Crippen LogP contribution < -0.4 is 5.32 Å². The quantitative estimate of drug-likeness (QED) is 0.894. The van der Waals surface area contributed by atoms with Crippen LogP contribution in [0.25, 0.3) is 0 Å². The van der Waals surface area contributed by atoms with Gasteiger partial charge in [-0.2, -0.15) is 11.3 Å². The predicted molar refractivity (Wildman–Crippen MR) is 80.2 cm³/mol. The zero-order chi connectivity index (χ0) is 13.0. The molecule has 1 aromatic heterocycles. The van der Waals surface area contributed by atoms with E-state index in [0.29, 0.717) is 11.6 Å². The highest BCUT2D eigenvalue weighted by molar-refractivity contribution is 7.07. The summed E-state index contributed by atoms with van der Waals surface area (Å²) >= 11 is 1.81. The molecule has 0 aromatic carbocycles. The molecule has 1 saturated heterocycles. The lowest BCUT2D eigenvalue weighted by Crippen LogP contribution is -2.50. The van der Waals surface area contributed by atoms with Crippen molar-refractivity contribution in [1.29, 1.82) is 0 Å². The van der Waals surface area contributed by atoms with Gasteiger partial charge in [0.2, 0.25) is 0 Å². The fourth-order valence-corrected chi connectivity index (χ4v) is 3.68. The maximum absolute atomic E-state index is 3.79. The molecular formula is C15H26N2S. The molecule has 0 bridgehead atoms. The molecule has 1 aromatic rings. The van der Waals surface area contributed by atoms with Crippen LogP contribution in [0.3, 0.4) is 0 Å². The second kappa shape index (κ2) is 6.18. The SMILES string of the molecule is CCC1(CC)CN(C(C)c2ccsc2)CCCN1. The van der Waals surface area contributed by atoms with E-state index >= 15 is 0 Å². The van der Waals surface area contributed by atoms with Gasteiger partial charge >= 0.3 is 0 Å². The van der Waals surface area contributed by atoms with Gasteiger partial charge in [-0.05, 0) is 55.1 Å². The number of thiophene rings is 1. The molecule has 0 saturated carbocycles. The molecule has 18 heavy (non-hydrogen) atoms. The monoisotopic (exact) mass is 266 g/mol. The van der Waals surface area contributed by atoms with E-state index in [1.54, 1.807) is 11.3 Å². The minimum absolute atomic E-state index is 0.320. The van der Waals surface area contributed by atoms with Crippen molar-refractivity contribution < 1.29 is 0 Å². The van der Waals surface area contributed by atoms with Crippen molar-refractivity contribution >= 4 is 11.3 Å². The van der Waals surface area contributed by atoms with Crippen molar-refractivity contribution in [3.63, 3.8) is 0 Å². The summed E-state index contributed by atoms with van der Waals surface area (Å²) in [5.74, 6) is 0. The van der Waals surface area contributed by atoms with Crippen LogP contribution in [0.5, 0.6) is 0 Å². The van der Waals surface area contributed by atoms with E-state index in [-0.39, 0.29) is 0 Å². The van der Waals surface area contributed by atoms with Gasteiger partial charge in [0.25, 0.3) is 0 Å². The van der Waals surface area contributed by atoms with Gasteiger partial charge in [0.05, 0.1) is 0 Å². The summed E-state index contributed by atoms with van der Waals surface area (Å²) in [6, 6.07) is 2.82. The van der Waals surface area contributed by atoms with Crippen LogP contribution >= 0.6 is 11.3 Å². The zero-order valence-electron chi connectivity index (χ0n) is 11.9. The number of hydrogen-bond donors (Lipinski definition) is 1. The van der Waals surface area contributed by atoms with Gasteiger partial charge in [0.15, 0.2) is 0 Å². The molecule has 1 N–H and O–H groups in total. The fourth-order valence-electron chi connectivity index (χ4n) is 2.94. The van der Waals surface area contributed by atoms with E-state index in [1.165, 1.54) is 37.9 Å². The van der Waals surface area contributed by atoms with E-state index in [4.69, 9.17) is 0 Å². The van der Waals surface area contributed by atoms with E-state index < -0.39 is 0 Å². The Kier molecular flexibility index (Phi) is 4.82. The topological polar surface area (TPSA) is 15.3 Å². The highest BCUT2D eigenvalue weighted by atomic mass is 32.1. The smallest absolute Gasteiger partial charge is 0.0328 e. The van der Waals surface area contributed by atoms with Crippen molar-refractivity contribution in [2.45, 2.75) is 51.6 Å². The summed E-state index contributed by atoms with van der Waals surface area (Å²) in [6.07, 6.45) is 3.70. The normalized spacial score (nSPS) is 22.6. The maximum atomic E-state index is 3.79. The Labute approximate surface area is 115 Å². The Morgan fingerprint density at radius 1 is 1.44 bits per heavy atom. The van der Waals surface area contributed by atoms with Crippen molar-refractivity contribution in [3.05, 3.63) is 22.4 Å². The minimum Gasteiger partial charge on any atom is -0.310 e. The molecule has 0 amide bonds. The molecular weight excluding hydrogens is 240 g/mol. The van der Waals surface area contributed by atoms with Gasteiger partial charge in [-0.25, -0.2) is 0 Å². The summed E-state index contributed by atoms with van der Waals surface area (Å²) in [4.78, 5) is 2.66. The lowest BCUT2D eigenvalue weighted by atomic mass is 9.91. The highest BCUT2D eigenvalue weighted by Crippen LogP contribution is 2.28. The third kappa shape index (κ3) is 2.95. The van der Waals surface area contributed by atoms with Crippen LogP contribution in [0.1, 0.15) is 51.6 Å². The van der Waals surface area contributed by atoms with Gasteiger partial charge in [-0.1, -0.05) is 13.8 Å². The maximum Gasteiger partial charge on any atom is 0.0328 e. The highest BCUT2D eigenvalue weighted by Gasteiger charge is 2.32. The Morgan fingerprint density at radius 2 is 2.22 bits per heavy atom. The second-order valence-corrected chi connectivity index (χ2v) is 6.25. The molecule has 3 heteroatoms. The lowest BCUT2D eigenvalue weighted by Gasteiger charge is -2.38. The van der Waals surface area contributed by atoms with E-state index in [1.807, 2.05) is 0 Å². The first-order valence-corrected chi connectivity index (χ1v) is 8.16. The molecule has 2 nitrogen and oxygen atoms in total. The summed E-state index contributed by atoms with van der Waals surface area (Å²) in [6.45, 7) is 10.5. The van der Waals surface area contributed by atoms with Crippen molar-refractivity contribution in [2.75, 3.05) is 19.6 Å². The molecule has 1 atom stereocenters. The van der Waals surface area contributed by atoms with Crippen molar-refractivity contribution in [1.82, 2.24) is 10.2 Å². The van der Waals surface area contributed by atoms with Gasteiger partial charge in [0, 0.05) is 24.7 Å². The molecule has 2 heterocycles. The number of nitrogens with zero attached hydrogens (tertiary/aromatic N) is 1. The lowest BCUT2D eigenvalue weighted by molar-refractivity contribution is 0.157. The van der Waals surface area contributed by atoms with Crippen LogP contribution in [-0.4, -0.2) is 30.1 Å². The standard InChI is InChI=1S/C15H26N2S/c1-4-15(5-2)12-17(9-6-8-16-15)13(3)14-7-10-18-11-14/h7,10-11,13,16H,4-6,8-9,12H2,1-3H3. The van der Waals surface area contributed by atoms with Crippen LogP contribution in [0, 0.1) is 0 Å². The predicted octanol–water partition coefficient (Wildman–Crippen LogP) is 3.66. The average Bonchev–Trinajstić information content (AvgIpc) is 2.85. The second-order valence-electron chi connectivity index (χ2n) is 5.47. The van der Waals surface area contributed by atoms with Gasteiger partial charge < -0.3 is 5.32 Å². The molecule has 1 unspecified atom stereocenters. The molecule has 1 aliphatic heterocycles. The third-order valence-electron chi connectivity index (χ3n) is 4.55. The Hall–Kier alpha value is -0.380. The largest absolute Gasteiger partial charge is 0.310 e. The first kappa shape index (κ1) is 14.0. The molecule has 0 spiro atoms. The third-order valence-corrected chi connectivity index (χ3v) is 5.26. The summed E-state index contributed by atoms with van der Waals surface area (Å²) in [7, 11) is 0. The molecule has 0 aliphatic carbocycles. The van der Waals surface area contributed by atoms with Crippen LogP contribution in [-0.2, 0) is 0 Å². The van der Waals surface area contributed by atoms with Crippen LogP contribution in [0.4, 0.5) is 0 Å². The van der Waals surface area contributed by atoms with Crippen molar-refractivity contribution in [3.8, 4) is 0 Å². The number of hydrogen-bond acceptors (Lipinski definition) is 3. The summed E-state index contributed by atoms with van der Waals surface area (Å²) < 4.78 is 0. The molecule has 1 fully saturated rings. The number of rotatable bonds is 4. The van der Waals surface area contributed by atoms with Crippen LogP contribution in [0.15, 0.2) is 16.8 Å². The molecule has 102 valence electrons. The summed E-state index contributed by atoms with van der Waals surface area (Å²) in [5, 5.41) is 8.27. The Morgan fingerprint density at radius 3 is 2.83 bits per heavy atom. The van der Waals surface area contributed by atoms with E-state index in [2.05, 4.69) is 47.8 Å². The molecule has 1 aliphatic rings. The molecule has 0 radical (unpaired) electrons. The first-order chi connectivity index (χ1) is 8.71. The van der Waals surface area contributed by atoms with E-state index in [9.17, 15) is 0 Å². The Bertz CT molecular complexity index is 343. The zero-order valence-corrected chi connectivity index (χ0v) is 12.7. The van der Waals surface area contributed by atoms with E-state index in [0.717, 1.165) is 6.54 Å².